The Balaban J connectivity index is -0.000000424. The molecule has 2 saturated carbocycles. The number of alkyl halides is 6. The van der Waals surface area contributed by atoms with Gasteiger partial charge in [0, 0.05) is 297 Å². The molecule has 14 rings (SSSR count). The molecule has 6 aliphatic heterocycles. The molecule has 1 amide bonds. The van der Waals surface area contributed by atoms with Gasteiger partial charge in [-0.1, -0.05) is 50.3 Å². The molecule has 2 spiro atoms. The van der Waals surface area contributed by atoms with Gasteiger partial charge < -0.3 is 79.2 Å². The smallest absolute Gasteiger partial charge is 0.497 e. The molecule has 150 heavy (non-hydrogen) atoms. The Hall–Kier alpha value is -11.2. The Bertz CT molecular complexity index is 4930. The van der Waals surface area contributed by atoms with Crippen molar-refractivity contribution in [2.45, 2.75) is 139 Å². The fraction of sp³-hybridized carbons (Fsp3) is 0.438. The van der Waals surface area contributed by atoms with Crippen molar-refractivity contribution in [2.24, 2.45) is 16.6 Å². The van der Waals surface area contributed by atoms with Gasteiger partial charge in [0.05, 0.1) is 65.3 Å². The van der Waals surface area contributed by atoms with Crippen molar-refractivity contribution in [1.82, 2.24) is 15.1 Å². The first-order valence-electron chi connectivity index (χ1n) is 39.6. The first-order valence-corrected chi connectivity index (χ1v) is 42.6. The zero-order chi connectivity index (χ0) is 117. The molecule has 2 aliphatic carbocycles. The zero-order valence-corrected chi connectivity index (χ0v) is 83.4. The number of nitrogens with zero attached hydrogens (tertiary/aromatic N) is 8. The first kappa shape index (κ1) is 149. The lowest BCUT2D eigenvalue weighted by Gasteiger charge is -2.64. The molecular formula is C80H88BCl8F26N10O25. The Morgan fingerprint density at radius 3 is 1.03 bits per heavy atom. The van der Waals surface area contributed by atoms with Crippen LogP contribution in [0.5, 0.6) is 11.5 Å². The maximum atomic E-state index is 13.1. The minimum atomic E-state index is -2.24. The number of aliphatic hydroxyl groups excluding tert-OH is 2. The van der Waals surface area contributed by atoms with Gasteiger partial charge in [-0.15, -0.1) is 0 Å². The van der Waals surface area contributed by atoms with Crippen molar-refractivity contribution < 1.29 is 221 Å². The van der Waals surface area contributed by atoms with Crippen LogP contribution in [0.1, 0.15) is 79.8 Å². The number of nitro groups is 4. The van der Waals surface area contributed by atoms with Gasteiger partial charge in [-0.2, -0.15) is 0 Å². The molecule has 0 bridgehead atoms. The molecule has 70 heteroatoms. The monoisotopic (exact) mass is 2370 g/mol. The number of non-ortho nitro benzene ring substituents is 4. The first-order chi connectivity index (χ1) is 70.9. The van der Waals surface area contributed by atoms with E-state index in [9.17, 15) is 79.7 Å². The van der Waals surface area contributed by atoms with Crippen LogP contribution >= 0.6 is 92.8 Å². The van der Waals surface area contributed by atoms with Gasteiger partial charge >= 0.3 is 37.0 Å². The van der Waals surface area contributed by atoms with Crippen LogP contribution in [0.15, 0.2) is 158 Å². The number of likely N-dealkylation sites (N-methyl/N-ethyl adjacent to an activating group) is 2. The second-order valence-corrected chi connectivity index (χ2v) is 34.6. The van der Waals surface area contributed by atoms with Gasteiger partial charge in [0.1, 0.15) is 48.6 Å². The maximum Gasteiger partial charge on any atom is 0.515 e. The Kier molecular flexibility index (Phi) is 75.3. The number of halogens is 34. The van der Waals surface area contributed by atoms with E-state index in [1.807, 2.05) is 32.3 Å². The van der Waals surface area contributed by atoms with Gasteiger partial charge in [-0.25, -0.2) is 19.2 Å². The zero-order valence-electron chi connectivity index (χ0n) is 77.3. The molecule has 35 nitrogen and oxygen atoms in total. The maximum absolute atomic E-state index is 13.1. The summed E-state index contributed by atoms with van der Waals surface area (Å²) in [5.74, 6) is 0.981. The fourth-order valence-electron chi connectivity index (χ4n) is 18.7. The van der Waals surface area contributed by atoms with E-state index in [4.69, 9.17) is 242 Å². The van der Waals surface area contributed by atoms with E-state index in [1.54, 1.807) is 14.2 Å². The quantitative estimate of drug-likeness (QED) is 0.00505. The number of rotatable bonds is 19. The summed E-state index contributed by atoms with van der Waals surface area (Å²) in [5.41, 5.74) is 6.07. The standard InChI is InChI=1S/C32H38N4O8.C22H31N3O3.2C8H6ClNO4.C7H7NO3.C3Cl6O3.B.13F2/c1-5-30-13-6-15-35-16-14-31(26(30)35)24-12-11-23(42-4)17-25(24)34(3)27(31)32(39,28(30)44-20(2)37)19-33-29(38)43-18-21-7-9-22(10-8-21)36(40)41;1-4-20-8-5-10-25-11-9-21(17(20)25)15-7-6-14(28-3)12-16(15)24(2)18(21)22(27,13-23)19(20)26;2*9-8(11)14-5-6-1-3-7(4-2-6)10(12)13;9-5-6-1-3-7(4-2-6)8(10)11;4-2(5,6)11-1(10)12-3(7,8)9;;13*1-2/h6-13,17,26-28,39H,5,14-16,18-19H2,1-4H3,(H,33,38);5-8,12,17-19,26-27H,4,9-11,13,23H2,1-3H3;2*1-4H,5H2;1-4,9H,5H2;;;;;;;;;;;;;;;/t26-,27+,28+,30+,31+,32-;17-,18+,19+,20+,21+,22-;;;;;;;;;;;;;;;;;;/m00................../s1. The van der Waals surface area contributed by atoms with E-state index in [2.05, 4.69) is 100 Å². The summed E-state index contributed by atoms with van der Waals surface area (Å²) in [6, 6.07) is 34.3. The third-order valence-electron chi connectivity index (χ3n) is 23.3. The van der Waals surface area contributed by atoms with Crippen LogP contribution in [-0.2, 0) is 70.5 Å². The van der Waals surface area contributed by atoms with Crippen LogP contribution in [0, 0.1) is 51.3 Å². The van der Waals surface area contributed by atoms with E-state index in [0.717, 1.165) is 68.1 Å². The number of esters is 1. The summed E-state index contributed by atoms with van der Waals surface area (Å²) in [5, 5.41) is 89.6. The van der Waals surface area contributed by atoms with E-state index in [1.165, 1.54) is 110 Å². The van der Waals surface area contributed by atoms with Crippen molar-refractivity contribution in [3.63, 3.8) is 0 Å². The number of anilines is 2. The van der Waals surface area contributed by atoms with Gasteiger partial charge in [-0.05, 0) is 202 Å². The number of amides is 1. The van der Waals surface area contributed by atoms with E-state index in [0.29, 0.717) is 34.4 Å². The summed E-state index contributed by atoms with van der Waals surface area (Å²) in [6.07, 6.45) is 7.54. The molecule has 6 aromatic rings. The Morgan fingerprint density at radius 2 is 0.760 bits per heavy atom. The summed E-state index contributed by atoms with van der Waals surface area (Å²) < 4.78 is 243. The van der Waals surface area contributed by atoms with Gasteiger partial charge in [0.25, 0.3) is 22.7 Å². The molecular weight excluding hydrogens is 2290 g/mol. The largest absolute Gasteiger partial charge is 0.515 e. The summed E-state index contributed by atoms with van der Waals surface area (Å²) in [7, 11) is 7.24. The molecule has 3 radical (unpaired) electrons. The molecule has 8 aliphatic rings. The number of nitrogens with one attached hydrogen (secondary N) is 1. The normalized spacial score (nSPS) is 21.4. The lowest BCUT2D eigenvalue weighted by Crippen LogP contribution is -2.81. The van der Waals surface area contributed by atoms with E-state index >= 15 is 0 Å². The molecule has 6 heterocycles. The molecule has 6 aromatic carbocycles. The van der Waals surface area contributed by atoms with Crippen LogP contribution < -0.4 is 30.3 Å². The third kappa shape index (κ3) is 38.9. The van der Waals surface area contributed by atoms with Crippen molar-refractivity contribution in [2.75, 3.05) is 77.4 Å². The number of aliphatic hydroxyl groups is 4. The van der Waals surface area contributed by atoms with Crippen molar-refractivity contribution >= 4 is 164 Å². The van der Waals surface area contributed by atoms with Crippen molar-refractivity contribution in [3.8, 4) is 11.5 Å². The molecule has 0 unspecified atom stereocenters. The van der Waals surface area contributed by atoms with E-state index in [-0.39, 0.29) is 94.2 Å². The Morgan fingerprint density at radius 1 is 0.467 bits per heavy atom. The molecule has 849 valence electrons. The number of hydrogen-bond acceptors (Lipinski definition) is 30. The van der Waals surface area contributed by atoms with Crippen LogP contribution in [-0.4, -0.2) is 211 Å². The van der Waals surface area contributed by atoms with Crippen LogP contribution in [0.3, 0.4) is 0 Å². The average Bonchev–Trinajstić information content (AvgIpc) is 1.49. The van der Waals surface area contributed by atoms with Crippen molar-refractivity contribution in [3.05, 3.63) is 232 Å². The second-order valence-electron chi connectivity index (χ2n) is 29.7. The lowest BCUT2D eigenvalue weighted by molar-refractivity contribution is -0.385. The number of carbonyl (C=O) groups is 5. The number of nitrogens with two attached hydrogens (primary N) is 1. The Labute approximate surface area is 872 Å². The molecule has 7 N–H and O–H groups in total. The predicted octanol–water partition coefficient (Wildman–Crippen LogP) is 24.5. The number of ether oxygens (including phenoxy) is 8. The lowest BCUT2D eigenvalue weighted by atomic mass is 9.47. The second kappa shape index (κ2) is 75.5. The minimum Gasteiger partial charge on any atom is -0.497 e. The van der Waals surface area contributed by atoms with Gasteiger partial charge in [0.2, 0.25) is 0 Å². The highest BCUT2D eigenvalue weighted by Gasteiger charge is 2.79. The van der Waals surface area contributed by atoms with Gasteiger partial charge in [-0.3, -0.25) is 55.1 Å². The SMILES string of the molecule is CC[C@]12C=CCN3CC[C@@]4(c5ccc(OC)cc5N(C)[C@H]4[C@@](O)(CN)[C@@H]1O)[C@@H]32.CC[C@]12C=CCN3CC[C@@]4(c5ccc(OC)cc5N(C)[C@H]4[C@@](O)(CNC(=O)OCc4ccc([N+](=O)[O-])cc4)[C@@H]1OC(C)=O)[C@@H]32.FF.FF.FF.FF.FF.FF.FF.FF.FF.FF.FF.FF.FF.O=C(Cl)OCc1ccc([N+](=O)[O-])cc1.O=C(Cl)OCc1ccc([N+](=O)[O-])cc1.O=C(OC(Cl)(Cl)Cl)OC(Cl)(Cl)Cl.O=[N+]([O-])c1ccc(CO)cc1.[B]. The highest BCUT2D eigenvalue weighted by molar-refractivity contribution is 6.67. The van der Waals surface area contributed by atoms with E-state index < -0.39 is 102 Å². The summed E-state index contributed by atoms with van der Waals surface area (Å²) in [4.78, 5) is 106. The number of nitro benzene ring substituents is 4. The number of carbonyl (C=O) groups excluding carboxylic acids is 5. The molecule has 0 aromatic heterocycles. The minimum absolute atomic E-state index is 0. The number of hydrogen-bond donors (Lipinski definition) is 6. The van der Waals surface area contributed by atoms with Crippen molar-refractivity contribution in [1.29, 1.82) is 0 Å². The van der Waals surface area contributed by atoms with Crippen LogP contribution in [0.4, 0.5) is 172 Å². The predicted molar refractivity (Wildman–Crippen MR) is 489 cm³/mol. The molecule has 2 saturated heterocycles. The van der Waals surface area contributed by atoms with Crippen LogP contribution in [0.2, 0.25) is 0 Å². The number of methoxy groups -OCH3 is 2. The fourth-order valence-corrected chi connectivity index (χ4v) is 19.2. The average molecular weight is 2380 g/mol. The number of alkyl carbamates (subject to hydrolysis) is 1. The summed E-state index contributed by atoms with van der Waals surface area (Å²) in [6.45, 7) is 8.54. The third-order valence-corrected chi connectivity index (χ3v) is 24.0. The molecule has 4 fully saturated rings. The number of benzene rings is 6. The number of fused-ring (bicyclic) bond motifs is 2. The highest BCUT2D eigenvalue weighted by atomic mass is 35.6. The topological polar surface area (TPSA) is 464 Å². The highest BCUT2D eigenvalue weighted by Crippen LogP contribution is 2.69. The molecule has 12 atom stereocenters. The van der Waals surface area contributed by atoms with Gasteiger partial charge in [0.15, 0.2) is 0 Å². The van der Waals surface area contributed by atoms with Crippen LogP contribution in [0.25, 0.3) is 0 Å². The summed E-state index contributed by atoms with van der Waals surface area (Å²) >= 11 is 40.1.